The van der Waals surface area contributed by atoms with Crippen LogP contribution in [0.25, 0.3) is 22.9 Å². The maximum Gasteiger partial charge on any atom is 0.231 e. The number of benzene rings is 2. The van der Waals surface area contributed by atoms with Crippen LogP contribution in [0.2, 0.25) is 0 Å². The van der Waals surface area contributed by atoms with Gasteiger partial charge in [0.25, 0.3) is 0 Å². The molecule has 3 heteroatoms. The summed E-state index contributed by atoms with van der Waals surface area (Å²) in [6.07, 6.45) is 5.90. The Hall–Kier alpha value is -2.81. The van der Waals surface area contributed by atoms with Crippen molar-refractivity contribution in [1.82, 2.24) is 4.98 Å². The van der Waals surface area contributed by atoms with Crippen LogP contribution in [0.4, 0.5) is 0 Å². The van der Waals surface area contributed by atoms with E-state index in [1.165, 1.54) is 0 Å². The molecule has 0 bridgehead atoms. The molecule has 0 spiro atoms. The fraction of sp³-hybridized carbons (Fsp3) is 0.0556. The zero-order valence-corrected chi connectivity index (χ0v) is 11.3. The summed E-state index contributed by atoms with van der Waals surface area (Å²) in [5.41, 5.74) is 2.08. The third kappa shape index (κ3) is 2.23. The number of ether oxygens (including phenoxy) is 2. The number of nitrogens with zero attached hydrogens (tertiary/aromatic N) is 1. The van der Waals surface area contributed by atoms with E-state index in [0.29, 0.717) is 0 Å². The summed E-state index contributed by atoms with van der Waals surface area (Å²) in [6.45, 7) is 0.286. The molecule has 4 rings (SSSR count). The van der Waals surface area contributed by atoms with Crippen molar-refractivity contribution in [2.75, 3.05) is 6.79 Å². The predicted octanol–water partition coefficient (Wildman–Crippen LogP) is 4.13. The highest BCUT2D eigenvalue weighted by molar-refractivity contribution is 5.93. The monoisotopic (exact) mass is 275 g/mol. The van der Waals surface area contributed by atoms with Crippen LogP contribution in [0, 0.1) is 0 Å². The van der Waals surface area contributed by atoms with Gasteiger partial charge in [0, 0.05) is 11.6 Å². The smallest absolute Gasteiger partial charge is 0.231 e. The van der Waals surface area contributed by atoms with Gasteiger partial charge in [-0.15, -0.1) is 0 Å². The lowest BCUT2D eigenvalue weighted by atomic mass is 10.1. The quantitative estimate of drug-likeness (QED) is 0.704. The van der Waals surface area contributed by atoms with Gasteiger partial charge in [-0.3, -0.25) is 4.98 Å². The van der Waals surface area contributed by atoms with Gasteiger partial charge in [-0.1, -0.05) is 36.4 Å². The first-order chi connectivity index (χ1) is 10.4. The number of hydrogen-bond donors (Lipinski definition) is 0. The molecule has 0 atom stereocenters. The Kier molecular flexibility index (Phi) is 2.82. The van der Waals surface area contributed by atoms with Crippen LogP contribution < -0.4 is 9.47 Å². The maximum absolute atomic E-state index is 5.45. The molecule has 3 nitrogen and oxygen atoms in total. The van der Waals surface area contributed by atoms with Crippen LogP contribution in [-0.2, 0) is 0 Å². The van der Waals surface area contributed by atoms with Gasteiger partial charge in [0.1, 0.15) is 0 Å². The fourth-order valence-corrected chi connectivity index (χ4v) is 2.46. The van der Waals surface area contributed by atoms with Crippen LogP contribution in [-0.4, -0.2) is 11.8 Å². The maximum atomic E-state index is 5.45. The van der Waals surface area contributed by atoms with E-state index in [2.05, 4.69) is 23.2 Å². The highest BCUT2D eigenvalue weighted by Gasteiger charge is 2.15. The zero-order valence-electron chi connectivity index (χ0n) is 11.3. The molecule has 102 valence electrons. The third-order valence-electron chi connectivity index (χ3n) is 3.52. The van der Waals surface area contributed by atoms with Gasteiger partial charge < -0.3 is 9.47 Å². The summed E-state index contributed by atoms with van der Waals surface area (Å²) in [7, 11) is 0. The van der Waals surface area contributed by atoms with E-state index in [0.717, 1.165) is 33.5 Å². The first-order valence-corrected chi connectivity index (χ1v) is 6.82. The van der Waals surface area contributed by atoms with Crippen molar-refractivity contribution < 1.29 is 9.47 Å². The molecular weight excluding hydrogens is 262 g/mol. The van der Waals surface area contributed by atoms with Gasteiger partial charge in [-0.05, 0) is 35.2 Å². The Morgan fingerprint density at radius 3 is 2.57 bits per heavy atom. The molecule has 1 aliphatic rings. The minimum Gasteiger partial charge on any atom is -0.454 e. The van der Waals surface area contributed by atoms with Gasteiger partial charge in [0.05, 0.1) is 5.69 Å². The molecule has 3 aromatic rings. The minimum atomic E-state index is 0.286. The number of pyridine rings is 1. The van der Waals surface area contributed by atoms with E-state index in [9.17, 15) is 0 Å². The molecule has 0 unspecified atom stereocenters. The summed E-state index contributed by atoms with van der Waals surface area (Å²) in [6, 6.07) is 16.2. The summed E-state index contributed by atoms with van der Waals surface area (Å²) >= 11 is 0. The van der Waals surface area contributed by atoms with Crippen LogP contribution >= 0.6 is 0 Å². The van der Waals surface area contributed by atoms with Crippen LogP contribution in [0.1, 0.15) is 11.3 Å². The molecule has 0 saturated heterocycles. The molecule has 21 heavy (non-hydrogen) atoms. The molecule has 1 aromatic heterocycles. The second-order valence-corrected chi connectivity index (χ2v) is 4.87. The summed E-state index contributed by atoms with van der Waals surface area (Å²) in [4.78, 5) is 4.46. The highest BCUT2D eigenvalue weighted by Crippen LogP contribution is 2.36. The lowest BCUT2D eigenvalue weighted by Gasteiger charge is -2.03. The average molecular weight is 275 g/mol. The second kappa shape index (κ2) is 4.94. The van der Waals surface area contributed by atoms with Crippen molar-refractivity contribution in [1.29, 1.82) is 0 Å². The van der Waals surface area contributed by atoms with Crippen molar-refractivity contribution in [2.24, 2.45) is 0 Å². The number of rotatable bonds is 2. The van der Waals surface area contributed by atoms with Crippen molar-refractivity contribution in [3.05, 3.63) is 66.0 Å². The summed E-state index contributed by atoms with van der Waals surface area (Å²) in [5.74, 6) is 1.58. The Bertz CT molecular complexity index is 825. The molecule has 2 heterocycles. The number of hydrogen-bond acceptors (Lipinski definition) is 3. The van der Waals surface area contributed by atoms with E-state index in [1.807, 2.05) is 48.7 Å². The molecule has 0 N–H and O–H groups in total. The molecule has 0 radical (unpaired) electrons. The van der Waals surface area contributed by atoms with Gasteiger partial charge in [-0.25, -0.2) is 0 Å². The van der Waals surface area contributed by atoms with E-state index in [-0.39, 0.29) is 6.79 Å². The number of fused-ring (bicyclic) bond motifs is 2. The van der Waals surface area contributed by atoms with E-state index < -0.39 is 0 Å². The van der Waals surface area contributed by atoms with E-state index in [1.54, 1.807) is 0 Å². The lowest BCUT2D eigenvalue weighted by Crippen LogP contribution is -1.92. The molecule has 1 aliphatic heterocycles. The first kappa shape index (κ1) is 12.0. The molecular formula is C18H13NO2. The first-order valence-electron chi connectivity index (χ1n) is 6.82. The van der Waals surface area contributed by atoms with Crippen LogP contribution in [0.3, 0.4) is 0 Å². The van der Waals surface area contributed by atoms with E-state index in [4.69, 9.17) is 9.47 Å². The highest BCUT2D eigenvalue weighted by atomic mass is 16.7. The lowest BCUT2D eigenvalue weighted by molar-refractivity contribution is 0.174. The van der Waals surface area contributed by atoms with E-state index >= 15 is 0 Å². The summed E-state index contributed by atoms with van der Waals surface area (Å²) in [5, 5.41) is 2.16. The molecule has 0 saturated carbocycles. The second-order valence-electron chi connectivity index (χ2n) is 4.87. The predicted molar refractivity (Wildman–Crippen MR) is 83.2 cm³/mol. The largest absolute Gasteiger partial charge is 0.454 e. The third-order valence-corrected chi connectivity index (χ3v) is 3.52. The molecule has 0 aliphatic carbocycles. The average Bonchev–Trinajstić information content (AvgIpc) is 2.99. The Labute approximate surface area is 122 Å². The Morgan fingerprint density at radius 1 is 0.905 bits per heavy atom. The topological polar surface area (TPSA) is 31.4 Å². The zero-order chi connectivity index (χ0) is 14.1. The normalized spacial score (nSPS) is 13.1. The van der Waals surface area contributed by atoms with Gasteiger partial charge >= 0.3 is 0 Å². The van der Waals surface area contributed by atoms with Gasteiger partial charge in [-0.2, -0.15) is 0 Å². The van der Waals surface area contributed by atoms with Crippen LogP contribution in [0.5, 0.6) is 11.5 Å². The summed E-state index contributed by atoms with van der Waals surface area (Å²) < 4.78 is 10.9. The fourth-order valence-electron chi connectivity index (χ4n) is 2.46. The van der Waals surface area contributed by atoms with Gasteiger partial charge in [0.2, 0.25) is 6.79 Å². The molecule has 0 amide bonds. The number of aromatic nitrogens is 1. The Balaban J connectivity index is 1.80. The Morgan fingerprint density at radius 2 is 1.71 bits per heavy atom. The molecule has 0 fully saturated rings. The van der Waals surface area contributed by atoms with Crippen molar-refractivity contribution in [3.8, 4) is 11.5 Å². The van der Waals surface area contributed by atoms with Crippen molar-refractivity contribution >= 4 is 22.9 Å². The minimum absolute atomic E-state index is 0.286. The molecule has 2 aromatic carbocycles. The van der Waals surface area contributed by atoms with Gasteiger partial charge in [0.15, 0.2) is 11.5 Å². The standard InChI is InChI=1S/C18H13NO2/c1-2-4-13(5-3-1)6-7-16-15-11-18-17(20-12-21-18)10-14(15)8-9-19-16/h1-11H,12H2/b7-6+. The van der Waals surface area contributed by atoms with Crippen molar-refractivity contribution in [3.63, 3.8) is 0 Å². The SMILES string of the molecule is C(=C\c1nccc2cc3c(cc12)OCO3)/c1ccccc1. The van der Waals surface area contributed by atoms with Crippen molar-refractivity contribution in [2.45, 2.75) is 0 Å². The van der Waals surface area contributed by atoms with Crippen LogP contribution in [0.15, 0.2) is 54.7 Å².